The van der Waals surface area contributed by atoms with Gasteiger partial charge in [-0.25, -0.2) is 0 Å². The van der Waals surface area contributed by atoms with Crippen molar-refractivity contribution in [2.45, 2.75) is 346 Å². The number of hydrogen-bond donors (Lipinski definition) is 8. The molecule has 6 aliphatic rings. The van der Waals surface area contributed by atoms with E-state index in [1.54, 1.807) is 90.0 Å². The highest BCUT2D eigenvalue weighted by atomic mass is 16.7. The number of aliphatic hydroxyl groups is 8. The van der Waals surface area contributed by atoms with E-state index in [-0.39, 0.29) is 74.4 Å². The molecule has 0 aromatic carbocycles. The lowest BCUT2D eigenvalue weighted by atomic mass is 9.76. The first-order chi connectivity index (χ1) is 45.7. The minimum atomic E-state index is -1.97. The number of ether oxygens (including phenoxy) is 12. The third-order valence-corrected chi connectivity index (χ3v) is 22.6. The molecule has 0 aromatic heterocycles. The summed E-state index contributed by atoms with van der Waals surface area (Å²) in [6.45, 7) is 30.2. The maximum absolute atomic E-state index is 14.0. The van der Waals surface area contributed by atoms with Gasteiger partial charge in [-0.3, -0.25) is 24.0 Å². The Kier molecular flexibility index (Phi) is 31.1. The van der Waals surface area contributed by atoms with Crippen molar-refractivity contribution in [2.24, 2.45) is 41.4 Å². The Bertz CT molecular complexity index is 2610. The monoisotopic (exact) mass is 1420 g/mol. The molecule has 27 nitrogen and oxygen atoms in total. The molecule has 0 radical (unpaired) electrons. The van der Waals surface area contributed by atoms with Gasteiger partial charge in [-0.2, -0.15) is 0 Å². The number of rotatable bonds is 14. The fraction of sp³-hybridized carbons (Fsp3) is 0.931. The second kappa shape index (κ2) is 35.5. The molecule has 0 aliphatic carbocycles. The number of aliphatic hydroxyl groups excluding tert-OH is 5. The van der Waals surface area contributed by atoms with Crippen LogP contribution in [0.2, 0.25) is 0 Å². The highest BCUT2D eigenvalue weighted by Gasteiger charge is 2.56. The summed E-state index contributed by atoms with van der Waals surface area (Å²) >= 11 is 0. The van der Waals surface area contributed by atoms with Gasteiger partial charge in [0.25, 0.3) is 0 Å². The number of carbonyl (C=O) groups excluding carboxylic acids is 5. The van der Waals surface area contributed by atoms with Gasteiger partial charge in [0.05, 0.1) is 102 Å². The first-order valence-corrected chi connectivity index (χ1v) is 35.9. The van der Waals surface area contributed by atoms with Crippen molar-refractivity contribution < 1.29 is 122 Å². The summed E-state index contributed by atoms with van der Waals surface area (Å²) in [4.78, 5) is 71.8. The average Bonchev–Trinajstić information content (AvgIpc) is 0.784. The average molecular weight is 1420 g/mol. The number of cyclic esters (lactones) is 2. The van der Waals surface area contributed by atoms with Gasteiger partial charge in [-0.15, -0.1) is 0 Å². The zero-order valence-electron chi connectivity index (χ0n) is 63.6. The van der Waals surface area contributed by atoms with Gasteiger partial charge in [-0.05, 0) is 143 Å². The van der Waals surface area contributed by atoms with Gasteiger partial charge in [-0.1, -0.05) is 48.5 Å². The molecular formula is C72H128N2O25. The van der Waals surface area contributed by atoms with Gasteiger partial charge in [0, 0.05) is 69.2 Å². The molecule has 6 rings (SSSR count). The van der Waals surface area contributed by atoms with Crippen molar-refractivity contribution in [1.29, 1.82) is 0 Å². The molecule has 0 bridgehead atoms. The SMILES string of the molecule is CC[C@H]1OC(=O)[C@H](C)C(OC2C[C@@](C)(OC)[C@@H](O)[C@H](C)O2)[C@H](C)[C@@H](OC2O[C@H](C)C[C@H](N(C)C)[C@H]2O)[C@](C)(O)C[C@@H](C)C(=O)CC(=O)[C@H]1C.CC[C@H]1OC(=O)[C@H](C)C(OC2C[C@@](C)(OC)[C@@H](O)[C@H](C)O2)[C@H](C)[C@@H](OC2O[C@H](C)C[C@H](N(C)C)[C@H]2O)[C@](C)(O)C[C@@H](C)C(=O)C[C@@H](O)[C@]1(C)O. The maximum atomic E-state index is 14.0. The van der Waals surface area contributed by atoms with E-state index >= 15 is 0 Å². The summed E-state index contributed by atoms with van der Waals surface area (Å²) in [6, 6.07) is -0.622. The minimum Gasteiger partial charge on any atom is -0.461 e. The number of likely N-dealkylation sites (N-methyl/N-ethyl adjacent to an activating group) is 2. The van der Waals surface area contributed by atoms with E-state index in [1.165, 1.54) is 28.1 Å². The summed E-state index contributed by atoms with van der Waals surface area (Å²) in [7, 11) is 10.4. The molecule has 6 heterocycles. The second-order valence-corrected chi connectivity index (χ2v) is 31.6. The lowest BCUT2D eigenvalue weighted by molar-refractivity contribution is -0.318. The molecule has 0 saturated carbocycles. The van der Waals surface area contributed by atoms with Crippen LogP contribution in [0.25, 0.3) is 0 Å². The predicted molar refractivity (Wildman–Crippen MR) is 361 cm³/mol. The van der Waals surface area contributed by atoms with Crippen molar-refractivity contribution in [1.82, 2.24) is 9.80 Å². The topological polar surface area (TPSA) is 364 Å². The number of carbonyl (C=O) groups is 5. The molecule has 33 atom stereocenters. The summed E-state index contributed by atoms with van der Waals surface area (Å²) in [6.07, 6.45) is -17.5. The fourth-order valence-corrected chi connectivity index (χ4v) is 15.7. The summed E-state index contributed by atoms with van der Waals surface area (Å²) in [5.41, 5.74) is -7.55. The second-order valence-electron chi connectivity index (χ2n) is 31.6. The quantitative estimate of drug-likeness (QED) is 0.0893. The van der Waals surface area contributed by atoms with Gasteiger partial charge in [0.15, 0.2) is 25.2 Å². The van der Waals surface area contributed by atoms with Gasteiger partial charge in [0.1, 0.15) is 59.6 Å². The van der Waals surface area contributed by atoms with Crippen molar-refractivity contribution in [3.05, 3.63) is 0 Å². The molecule has 99 heavy (non-hydrogen) atoms. The Morgan fingerprint density at radius 3 is 1.24 bits per heavy atom. The van der Waals surface area contributed by atoms with E-state index in [4.69, 9.17) is 56.8 Å². The first kappa shape index (κ1) is 86.8. The van der Waals surface area contributed by atoms with E-state index in [1.807, 2.05) is 58.8 Å². The van der Waals surface area contributed by atoms with E-state index < -0.39 is 198 Å². The van der Waals surface area contributed by atoms with Crippen molar-refractivity contribution in [3.63, 3.8) is 0 Å². The number of nitrogens with zero attached hydrogens (tertiary/aromatic N) is 2. The van der Waals surface area contributed by atoms with Crippen LogP contribution >= 0.6 is 0 Å². The Hall–Kier alpha value is -2.85. The fourth-order valence-electron chi connectivity index (χ4n) is 15.7. The number of methoxy groups -OCH3 is 2. The highest BCUT2D eigenvalue weighted by molar-refractivity contribution is 6.01. The smallest absolute Gasteiger partial charge is 0.311 e. The summed E-state index contributed by atoms with van der Waals surface area (Å²) in [5.74, 6) is -8.39. The Balaban J connectivity index is 0.000000357. The summed E-state index contributed by atoms with van der Waals surface area (Å²) in [5, 5.41) is 91.6. The highest BCUT2D eigenvalue weighted by Crippen LogP contribution is 2.43. The predicted octanol–water partition coefficient (Wildman–Crippen LogP) is 4.17. The third-order valence-electron chi connectivity index (χ3n) is 22.6. The van der Waals surface area contributed by atoms with Crippen LogP contribution in [0.3, 0.4) is 0 Å². The molecule has 0 aromatic rings. The lowest BCUT2D eigenvalue weighted by Gasteiger charge is -2.49. The zero-order chi connectivity index (χ0) is 75.3. The molecule has 6 saturated heterocycles. The molecule has 0 spiro atoms. The molecule has 6 aliphatic heterocycles. The third kappa shape index (κ3) is 20.8. The largest absolute Gasteiger partial charge is 0.461 e. The van der Waals surface area contributed by atoms with Crippen LogP contribution in [0, 0.1) is 41.4 Å². The Morgan fingerprint density at radius 1 is 0.495 bits per heavy atom. The Labute approximate surface area is 588 Å². The number of esters is 2. The zero-order valence-corrected chi connectivity index (χ0v) is 63.6. The van der Waals surface area contributed by atoms with Crippen LogP contribution in [0.1, 0.15) is 189 Å². The standard InChI is InChI=1S/C36H65NO13.C36H63NO12/c1-13-26-36(9,44)25(39)15-24(38)18(2)16-34(7,43)31(50-33-28(40)23(37(10)11)14-19(3)46-33)20(4)29(21(5)32(42)48-26)49-27-17-35(8,45-12)30(41)22(6)47-27;1-13-27-20(4)26(39)15-25(38)18(2)16-35(8,43)32(49-34-29(40)24(37(10)11)14-19(3)45-34)21(5)30(22(6)33(42)47-27)48-28-17-36(9,44-12)31(41)23(7)46-28/h18-23,25-31,33,39-41,43-44H,13-17H2,1-12H3;18-24,27-32,34,40-41,43H,13-17H2,1-12H3/t18-,19-,20+,21-,22+,23+,25-,26-,27?,28-,29?,30+,31-,33?,34-,35-,36+;18-,19-,20-,21+,22-,23+,24+,27-,28?,29-,30?,31+,32-,34?,35-,36-/m11/s1. The van der Waals surface area contributed by atoms with Crippen LogP contribution in [0.5, 0.6) is 0 Å². The molecule has 8 N–H and O–H groups in total. The molecular weight excluding hydrogens is 1290 g/mol. The van der Waals surface area contributed by atoms with Crippen LogP contribution in [0.15, 0.2) is 0 Å². The summed E-state index contributed by atoms with van der Waals surface area (Å²) < 4.78 is 74.0. The molecule has 6 unspecified atom stereocenters. The van der Waals surface area contributed by atoms with Gasteiger partial charge < -0.3 is 107 Å². The number of ketones is 3. The number of hydrogen-bond acceptors (Lipinski definition) is 27. The molecule has 0 amide bonds. The minimum absolute atomic E-state index is 0.0777. The van der Waals surface area contributed by atoms with E-state index in [2.05, 4.69) is 0 Å². The Morgan fingerprint density at radius 2 is 0.879 bits per heavy atom. The normalized spacial score (nSPS) is 47.9. The van der Waals surface area contributed by atoms with Gasteiger partial charge in [0.2, 0.25) is 0 Å². The van der Waals surface area contributed by atoms with E-state index in [0.717, 1.165) is 0 Å². The van der Waals surface area contributed by atoms with E-state index in [9.17, 15) is 64.8 Å². The van der Waals surface area contributed by atoms with E-state index in [0.29, 0.717) is 19.3 Å². The van der Waals surface area contributed by atoms with Crippen LogP contribution in [-0.4, -0.2) is 279 Å². The van der Waals surface area contributed by atoms with Crippen molar-refractivity contribution in [3.8, 4) is 0 Å². The van der Waals surface area contributed by atoms with Crippen molar-refractivity contribution in [2.75, 3.05) is 42.4 Å². The molecule has 6 fully saturated rings. The molecule has 576 valence electrons. The van der Waals surface area contributed by atoms with Crippen LogP contribution in [-0.2, 0) is 80.8 Å². The molecule has 27 heteroatoms. The van der Waals surface area contributed by atoms with Crippen LogP contribution < -0.4 is 0 Å². The van der Waals surface area contributed by atoms with Crippen LogP contribution in [0.4, 0.5) is 0 Å². The first-order valence-electron chi connectivity index (χ1n) is 35.9. The maximum Gasteiger partial charge on any atom is 0.311 e. The number of Topliss-reactive ketones (excluding diaryl/α,β-unsaturated/α-hetero) is 3. The lowest BCUT2D eigenvalue weighted by Crippen LogP contribution is -2.61. The van der Waals surface area contributed by atoms with Gasteiger partial charge >= 0.3 is 11.9 Å². The van der Waals surface area contributed by atoms with Crippen molar-refractivity contribution >= 4 is 29.3 Å².